The van der Waals surface area contributed by atoms with Crippen LogP contribution >= 0.6 is 0 Å². The Morgan fingerprint density at radius 3 is 2.00 bits per heavy atom. The van der Waals surface area contributed by atoms with Gasteiger partial charge in [0.15, 0.2) is 0 Å². The molecule has 1 heteroatoms. The van der Waals surface area contributed by atoms with Crippen molar-refractivity contribution in [2.75, 3.05) is 0 Å². The molecule has 0 heterocycles. The topological polar surface area (TPSA) is 12.4 Å². The molecule has 0 bridgehead atoms. The van der Waals surface area contributed by atoms with Crippen molar-refractivity contribution in [1.82, 2.24) is 0 Å². The van der Waals surface area contributed by atoms with Crippen LogP contribution in [0.2, 0.25) is 0 Å². The van der Waals surface area contributed by atoms with Crippen LogP contribution in [0.1, 0.15) is 70.3 Å². The molecule has 23 heavy (non-hydrogen) atoms. The molecule has 0 radical (unpaired) electrons. The molecule has 1 aromatic rings. The predicted molar refractivity (Wildman–Crippen MR) is 101 cm³/mol. The molecule has 2 aliphatic carbocycles. The van der Waals surface area contributed by atoms with Crippen molar-refractivity contribution >= 4 is 12.4 Å². The molecule has 2 fully saturated rings. The molecule has 2 aliphatic rings. The monoisotopic (exact) mass is 311 g/mol. The van der Waals surface area contributed by atoms with Crippen LogP contribution in [0.5, 0.6) is 0 Å². The van der Waals surface area contributed by atoms with Crippen molar-refractivity contribution in [1.29, 1.82) is 0 Å². The van der Waals surface area contributed by atoms with Gasteiger partial charge >= 0.3 is 0 Å². The van der Waals surface area contributed by atoms with Gasteiger partial charge in [-0.2, -0.15) is 0 Å². The first kappa shape index (κ1) is 16.7. The van der Waals surface area contributed by atoms with Gasteiger partial charge in [0, 0.05) is 0 Å². The fourth-order valence-electron chi connectivity index (χ4n) is 4.84. The number of aryl methyl sites for hydroxylation is 1. The average molecular weight is 312 g/mol. The molecule has 0 unspecified atom stereocenters. The van der Waals surface area contributed by atoms with Gasteiger partial charge in [-0.15, -0.1) is 0 Å². The van der Waals surface area contributed by atoms with Crippen molar-refractivity contribution in [3.8, 4) is 0 Å². The van der Waals surface area contributed by atoms with E-state index < -0.39 is 0 Å². The van der Waals surface area contributed by atoms with E-state index >= 15 is 0 Å². The number of rotatable bonds is 5. The van der Waals surface area contributed by atoms with Gasteiger partial charge in [0.2, 0.25) is 0 Å². The Balaban J connectivity index is 1.39. The minimum atomic E-state index is 0.964. The second-order valence-corrected chi connectivity index (χ2v) is 8.16. The fourth-order valence-corrected chi connectivity index (χ4v) is 4.84. The highest BCUT2D eigenvalue weighted by Gasteiger charge is 2.29. The Labute approximate surface area is 142 Å². The molecule has 0 atom stereocenters. The van der Waals surface area contributed by atoms with Gasteiger partial charge in [-0.1, -0.05) is 44.7 Å². The highest BCUT2D eigenvalue weighted by molar-refractivity contribution is 5.45. The number of benzene rings is 1. The summed E-state index contributed by atoms with van der Waals surface area (Å²) in [5, 5.41) is 0. The molecule has 1 nitrogen and oxygen atoms in total. The van der Waals surface area contributed by atoms with E-state index in [2.05, 4.69) is 42.9 Å². The summed E-state index contributed by atoms with van der Waals surface area (Å²) in [6.07, 6.45) is 14.6. The fraction of sp³-hybridized carbons (Fsp3) is 0.682. The maximum absolute atomic E-state index is 3.97. The third-order valence-corrected chi connectivity index (χ3v) is 6.58. The SMILES string of the molecule is C=Nc1ccc(CCC2CCC(C3CCC(C)CC3)CC2)cc1. The summed E-state index contributed by atoms with van der Waals surface area (Å²) in [4.78, 5) is 3.97. The summed E-state index contributed by atoms with van der Waals surface area (Å²) in [7, 11) is 0. The third kappa shape index (κ3) is 4.68. The van der Waals surface area contributed by atoms with Crippen LogP contribution < -0.4 is 0 Å². The van der Waals surface area contributed by atoms with Gasteiger partial charge in [-0.25, -0.2) is 0 Å². The maximum Gasteiger partial charge on any atom is 0.0622 e. The van der Waals surface area contributed by atoms with Gasteiger partial charge < -0.3 is 0 Å². The summed E-state index contributed by atoms with van der Waals surface area (Å²) >= 11 is 0. The van der Waals surface area contributed by atoms with E-state index in [0.717, 1.165) is 29.4 Å². The lowest BCUT2D eigenvalue weighted by Crippen LogP contribution is -2.25. The molecule has 0 aliphatic heterocycles. The van der Waals surface area contributed by atoms with E-state index in [-0.39, 0.29) is 0 Å². The van der Waals surface area contributed by atoms with Crippen LogP contribution in [0.25, 0.3) is 0 Å². The molecule has 1 aromatic carbocycles. The molecule has 0 aromatic heterocycles. The standard InChI is InChI=1S/C22H33N/c1-17-3-11-20(12-4-17)21-13-7-18(8-14-21)5-6-19-9-15-22(23-2)16-10-19/h9-10,15-18,20-21H,2-8,11-14H2,1H3. The second kappa shape index (κ2) is 8.13. The summed E-state index contributed by atoms with van der Waals surface area (Å²) in [5.41, 5.74) is 2.44. The zero-order valence-corrected chi connectivity index (χ0v) is 14.8. The summed E-state index contributed by atoms with van der Waals surface area (Å²) in [6, 6.07) is 8.62. The molecule has 3 rings (SSSR count). The van der Waals surface area contributed by atoms with E-state index in [1.165, 1.54) is 69.8 Å². The first-order chi connectivity index (χ1) is 11.2. The van der Waals surface area contributed by atoms with Gasteiger partial charge in [0.1, 0.15) is 0 Å². The summed E-state index contributed by atoms with van der Waals surface area (Å²) in [5.74, 6) is 4.07. The average Bonchev–Trinajstić information content (AvgIpc) is 2.61. The van der Waals surface area contributed by atoms with Gasteiger partial charge in [-0.05, 0) is 86.6 Å². The van der Waals surface area contributed by atoms with Gasteiger partial charge in [0.25, 0.3) is 0 Å². The summed E-state index contributed by atoms with van der Waals surface area (Å²) in [6.45, 7) is 6.01. The molecule has 0 spiro atoms. The van der Waals surface area contributed by atoms with Gasteiger partial charge in [-0.3, -0.25) is 4.99 Å². The minimum absolute atomic E-state index is 0.964. The predicted octanol–water partition coefficient (Wildman–Crippen LogP) is 6.58. The van der Waals surface area contributed by atoms with E-state index in [4.69, 9.17) is 0 Å². The lowest BCUT2D eigenvalue weighted by Gasteiger charge is -2.37. The molecular formula is C22H33N. The van der Waals surface area contributed by atoms with E-state index in [1.54, 1.807) is 0 Å². The number of hydrogen-bond acceptors (Lipinski definition) is 1. The Morgan fingerprint density at radius 2 is 1.43 bits per heavy atom. The van der Waals surface area contributed by atoms with Crippen molar-refractivity contribution in [3.63, 3.8) is 0 Å². The number of aliphatic imine (C=N–C) groups is 1. The zero-order valence-electron chi connectivity index (χ0n) is 14.8. The van der Waals surface area contributed by atoms with Crippen LogP contribution in [0.4, 0.5) is 5.69 Å². The highest BCUT2D eigenvalue weighted by atomic mass is 14.7. The molecule has 0 N–H and O–H groups in total. The number of hydrogen-bond donors (Lipinski definition) is 0. The first-order valence-electron chi connectivity index (χ1n) is 9.80. The van der Waals surface area contributed by atoms with Gasteiger partial charge in [0.05, 0.1) is 5.69 Å². The van der Waals surface area contributed by atoms with Crippen LogP contribution in [0, 0.1) is 23.7 Å². The molecule has 0 amide bonds. The van der Waals surface area contributed by atoms with E-state index in [9.17, 15) is 0 Å². The quantitative estimate of drug-likeness (QED) is 0.544. The first-order valence-corrected chi connectivity index (χ1v) is 9.80. The Bertz CT molecular complexity index is 473. The van der Waals surface area contributed by atoms with Crippen LogP contribution in [-0.4, -0.2) is 6.72 Å². The molecular weight excluding hydrogens is 278 g/mol. The molecule has 0 saturated heterocycles. The van der Waals surface area contributed by atoms with Crippen molar-refractivity contribution in [2.24, 2.45) is 28.7 Å². The minimum Gasteiger partial charge on any atom is -0.265 e. The third-order valence-electron chi connectivity index (χ3n) is 6.58. The normalized spacial score (nSPS) is 31.7. The maximum atomic E-state index is 3.97. The summed E-state index contributed by atoms with van der Waals surface area (Å²) < 4.78 is 0. The lowest BCUT2D eigenvalue weighted by molar-refractivity contribution is 0.148. The van der Waals surface area contributed by atoms with Crippen LogP contribution in [0.3, 0.4) is 0 Å². The van der Waals surface area contributed by atoms with Crippen molar-refractivity contribution in [3.05, 3.63) is 29.8 Å². The Kier molecular flexibility index (Phi) is 5.91. The second-order valence-electron chi connectivity index (χ2n) is 8.16. The zero-order chi connectivity index (χ0) is 16.1. The Morgan fingerprint density at radius 1 is 0.870 bits per heavy atom. The lowest BCUT2D eigenvalue weighted by atomic mass is 9.69. The Hall–Kier alpha value is -1.11. The van der Waals surface area contributed by atoms with Crippen LogP contribution in [0.15, 0.2) is 29.3 Å². The highest BCUT2D eigenvalue weighted by Crippen LogP contribution is 2.42. The number of nitrogens with zero attached hydrogens (tertiary/aromatic N) is 1. The van der Waals surface area contributed by atoms with E-state index in [0.29, 0.717) is 0 Å². The molecule has 2 saturated carbocycles. The van der Waals surface area contributed by atoms with Crippen molar-refractivity contribution in [2.45, 2.75) is 71.1 Å². The van der Waals surface area contributed by atoms with E-state index in [1.807, 2.05) is 0 Å². The van der Waals surface area contributed by atoms with Crippen LogP contribution in [-0.2, 0) is 6.42 Å². The van der Waals surface area contributed by atoms with Crippen molar-refractivity contribution < 1.29 is 0 Å². The molecule has 126 valence electrons. The smallest absolute Gasteiger partial charge is 0.0622 e. The largest absolute Gasteiger partial charge is 0.265 e.